The number of benzene rings is 3. The smallest absolute Gasteiger partial charge is 0.276 e. The molecule has 0 spiro atoms. The zero-order valence-electron chi connectivity index (χ0n) is 17.6. The van der Waals surface area contributed by atoms with Crippen LogP contribution in [-0.4, -0.2) is 30.8 Å². The summed E-state index contributed by atoms with van der Waals surface area (Å²) in [5.74, 6) is 1.03. The van der Waals surface area contributed by atoms with Gasteiger partial charge in [-0.3, -0.25) is 4.79 Å². The minimum Gasteiger partial charge on any atom is -0.493 e. The maximum atomic E-state index is 13.4. The first-order chi connectivity index (χ1) is 15.0. The Hall–Kier alpha value is -3.31. The molecule has 0 aliphatic carbocycles. The third-order valence-corrected chi connectivity index (χ3v) is 5.73. The molecule has 0 radical (unpaired) electrons. The van der Waals surface area contributed by atoms with Crippen molar-refractivity contribution in [3.05, 3.63) is 94.0 Å². The van der Waals surface area contributed by atoms with E-state index in [4.69, 9.17) is 26.2 Å². The lowest BCUT2D eigenvalue weighted by Gasteiger charge is -2.22. The topological polar surface area (TPSA) is 51.1 Å². The molecule has 3 aromatic carbocycles. The van der Waals surface area contributed by atoms with E-state index in [1.54, 1.807) is 38.5 Å². The number of rotatable bonds is 5. The van der Waals surface area contributed by atoms with Crippen molar-refractivity contribution in [1.29, 1.82) is 0 Å². The summed E-state index contributed by atoms with van der Waals surface area (Å²) < 4.78 is 10.8. The highest BCUT2D eigenvalue weighted by molar-refractivity contribution is 6.33. The zero-order valence-corrected chi connectivity index (χ0v) is 18.4. The highest BCUT2D eigenvalue weighted by Crippen LogP contribution is 2.36. The Kier molecular flexibility index (Phi) is 5.96. The Labute approximate surface area is 186 Å². The Morgan fingerprint density at radius 2 is 1.71 bits per heavy atom. The van der Waals surface area contributed by atoms with E-state index in [1.807, 2.05) is 49.4 Å². The van der Waals surface area contributed by atoms with Gasteiger partial charge in [0.25, 0.3) is 5.91 Å². The largest absolute Gasteiger partial charge is 0.493 e. The predicted octanol–water partition coefficient (Wildman–Crippen LogP) is 5.66. The maximum Gasteiger partial charge on any atom is 0.276 e. The van der Waals surface area contributed by atoms with E-state index in [0.717, 1.165) is 22.4 Å². The van der Waals surface area contributed by atoms with Gasteiger partial charge in [0, 0.05) is 12.0 Å². The molecule has 0 saturated heterocycles. The molecule has 0 aromatic heterocycles. The zero-order chi connectivity index (χ0) is 22.0. The van der Waals surface area contributed by atoms with Crippen LogP contribution in [-0.2, 0) is 0 Å². The number of ether oxygens (including phenoxy) is 2. The molecular formula is C25H23ClN2O3. The van der Waals surface area contributed by atoms with Gasteiger partial charge in [0.2, 0.25) is 0 Å². The van der Waals surface area contributed by atoms with Crippen LogP contribution in [0.25, 0.3) is 0 Å². The van der Waals surface area contributed by atoms with Gasteiger partial charge in [-0.15, -0.1) is 0 Å². The van der Waals surface area contributed by atoms with Crippen molar-refractivity contribution in [2.45, 2.75) is 19.4 Å². The number of methoxy groups -OCH3 is 2. The number of nitrogens with zero attached hydrogens (tertiary/aromatic N) is 2. The SMILES string of the molecule is COc1ccc(C2=NN(C(=O)c3ccccc3Cl)[C@@H](c3ccc(C)cc3)C2)cc1OC. The van der Waals surface area contributed by atoms with Crippen LogP contribution in [0.15, 0.2) is 71.8 Å². The van der Waals surface area contributed by atoms with E-state index in [1.165, 1.54) is 5.01 Å². The molecule has 5 nitrogen and oxygen atoms in total. The van der Waals surface area contributed by atoms with E-state index < -0.39 is 0 Å². The van der Waals surface area contributed by atoms with Gasteiger partial charge in [-0.05, 0) is 42.8 Å². The van der Waals surface area contributed by atoms with E-state index >= 15 is 0 Å². The highest BCUT2D eigenvalue weighted by atomic mass is 35.5. The summed E-state index contributed by atoms with van der Waals surface area (Å²) in [6, 6.07) is 20.6. The highest BCUT2D eigenvalue weighted by Gasteiger charge is 2.34. The van der Waals surface area contributed by atoms with Gasteiger partial charge in [0.15, 0.2) is 11.5 Å². The molecule has 6 heteroatoms. The first kappa shape index (κ1) is 20.9. The van der Waals surface area contributed by atoms with Crippen molar-refractivity contribution in [3.8, 4) is 11.5 Å². The molecule has 31 heavy (non-hydrogen) atoms. The molecule has 1 atom stereocenters. The summed E-state index contributed by atoms with van der Waals surface area (Å²) in [4.78, 5) is 13.4. The summed E-state index contributed by atoms with van der Waals surface area (Å²) in [7, 11) is 3.20. The summed E-state index contributed by atoms with van der Waals surface area (Å²) in [5.41, 5.74) is 4.28. The lowest BCUT2D eigenvalue weighted by atomic mass is 9.97. The summed E-state index contributed by atoms with van der Waals surface area (Å²) in [6.07, 6.45) is 0.578. The molecule has 0 saturated carbocycles. The van der Waals surface area contributed by atoms with Crippen LogP contribution < -0.4 is 9.47 Å². The molecule has 1 aliphatic rings. The van der Waals surface area contributed by atoms with Gasteiger partial charge in [-0.1, -0.05) is 53.6 Å². The average molecular weight is 435 g/mol. The fourth-order valence-corrected chi connectivity index (χ4v) is 3.91. The molecule has 0 fully saturated rings. The molecule has 0 unspecified atom stereocenters. The Morgan fingerprint density at radius 3 is 2.39 bits per heavy atom. The van der Waals surface area contributed by atoms with Gasteiger partial charge >= 0.3 is 0 Å². The Morgan fingerprint density at radius 1 is 1.00 bits per heavy atom. The minimum atomic E-state index is -0.230. The maximum absolute atomic E-state index is 13.4. The summed E-state index contributed by atoms with van der Waals surface area (Å²) >= 11 is 6.31. The normalized spacial score (nSPS) is 15.5. The fraction of sp³-hybridized carbons (Fsp3) is 0.200. The second kappa shape index (κ2) is 8.82. The standard InChI is InChI=1S/C25H23ClN2O3/c1-16-8-10-17(11-9-16)22-15-21(18-12-13-23(30-2)24(14-18)31-3)27-28(22)25(29)19-6-4-5-7-20(19)26/h4-14,22H,15H2,1-3H3/t22-/m1/s1. The van der Waals surface area contributed by atoms with E-state index in [-0.39, 0.29) is 11.9 Å². The van der Waals surface area contributed by atoms with Crippen molar-refractivity contribution >= 4 is 23.2 Å². The van der Waals surface area contributed by atoms with Gasteiger partial charge in [-0.2, -0.15) is 5.10 Å². The van der Waals surface area contributed by atoms with Gasteiger partial charge in [-0.25, -0.2) is 5.01 Å². The average Bonchev–Trinajstić information content (AvgIpc) is 3.24. The van der Waals surface area contributed by atoms with Crippen molar-refractivity contribution in [2.75, 3.05) is 14.2 Å². The van der Waals surface area contributed by atoms with E-state index in [9.17, 15) is 4.79 Å². The molecule has 158 valence electrons. The number of halogens is 1. The number of aryl methyl sites for hydroxylation is 1. The molecule has 1 heterocycles. The molecule has 3 aromatic rings. The van der Waals surface area contributed by atoms with Crippen LogP contribution in [0.3, 0.4) is 0 Å². The lowest BCUT2D eigenvalue weighted by molar-refractivity contribution is 0.0711. The van der Waals surface area contributed by atoms with Crippen molar-refractivity contribution < 1.29 is 14.3 Å². The van der Waals surface area contributed by atoms with Crippen LogP contribution in [0.5, 0.6) is 11.5 Å². The van der Waals surface area contributed by atoms with Crippen molar-refractivity contribution in [2.24, 2.45) is 5.10 Å². The fourth-order valence-electron chi connectivity index (χ4n) is 3.69. The third-order valence-electron chi connectivity index (χ3n) is 5.40. The summed E-state index contributed by atoms with van der Waals surface area (Å²) in [5, 5.41) is 6.68. The van der Waals surface area contributed by atoms with Crippen LogP contribution >= 0.6 is 11.6 Å². The Balaban J connectivity index is 1.76. The molecular weight excluding hydrogens is 412 g/mol. The summed E-state index contributed by atoms with van der Waals surface area (Å²) in [6.45, 7) is 2.04. The number of carbonyl (C=O) groups excluding carboxylic acids is 1. The molecule has 0 bridgehead atoms. The monoisotopic (exact) mass is 434 g/mol. The predicted molar refractivity (Wildman–Crippen MR) is 122 cm³/mol. The first-order valence-electron chi connectivity index (χ1n) is 9.96. The van der Waals surface area contributed by atoms with Crippen molar-refractivity contribution in [1.82, 2.24) is 5.01 Å². The number of hydrogen-bond acceptors (Lipinski definition) is 4. The van der Waals surface area contributed by atoms with Gasteiger partial charge in [0.1, 0.15) is 0 Å². The number of hydrogen-bond donors (Lipinski definition) is 0. The van der Waals surface area contributed by atoms with E-state index in [2.05, 4.69) is 0 Å². The quantitative estimate of drug-likeness (QED) is 0.520. The second-order valence-corrected chi connectivity index (χ2v) is 7.78. The molecule has 1 aliphatic heterocycles. The second-order valence-electron chi connectivity index (χ2n) is 7.38. The number of hydrazone groups is 1. The first-order valence-corrected chi connectivity index (χ1v) is 10.3. The molecule has 0 N–H and O–H groups in total. The van der Waals surface area contributed by atoms with E-state index in [0.29, 0.717) is 28.5 Å². The number of carbonyl (C=O) groups is 1. The van der Waals surface area contributed by atoms with Crippen LogP contribution in [0.2, 0.25) is 5.02 Å². The van der Waals surface area contributed by atoms with Crippen LogP contribution in [0.4, 0.5) is 0 Å². The Bertz CT molecular complexity index is 1140. The van der Waals surface area contributed by atoms with Gasteiger partial charge < -0.3 is 9.47 Å². The van der Waals surface area contributed by atoms with Crippen LogP contribution in [0, 0.1) is 6.92 Å². The van der Waals surface area contributed by atoms with Crippen LogP contribution in [0.1, 0.15) is 39.5 Å². The molecule has 1 amide bonds. The van der Waals surface area contributed by atoms with Gasteiger partial charge in [0.05, 0.1) is 36.6 Å². The lowest BCUT2D eigenvalue weighted by Crippen LogP contribution is -2.27. The minimum absolute atomic E-state index is 0.229. The third kappa shape index (κ3) is 4.14. The molecule has 4 rings (SSSR count). The van der Waals surface area contributed by atoms with Crippen molar-refractivity contribution in [3.63, 3.8) is 0 Å². The number of amides is 1.